The van der Waals surface area contributed by atoms with Gasteiger partial charge in [-0.1, -0.05) is 36.4 Å². The largest absolute Gasteiger partial charge is 0.457 e. The van der Waals surface area contributed by atoms with Crippen LogP contribution >= 0.6 is 0 Å². The van der Waals surface area contributed by atoms with E-state index in [4.69, 9.17) is 14.5 Å². The molecule has 0 unspecified atom stereocenters. The zero-order chi connectivity index (χ0) is 28.2. The lowest BCUT2D eigenvalue weighted by Crippen LogP contribution is -2.21. The van der Waals surface area contributed by atoms with E-state index in [1.54, 1.807) is 0 Å². The number of aromatic nitrogens is 1. The number of ether oxygens (including phenoxy) is 2. The summed E-state index contributed by atoms with van der Waals surface area (Å²) in [6, 6.07) is 36.5. The van der Waals surface area contributed by atoms with Crippen LogP contribution in [0.5, 0.6) is 23.0 Å². The molecule has 0 bridgehead atoms. The van der Waals surface area contributed by atoms with Gasteiger partial charge in [-0.3, -0.25) is 4.98 Å². The van der Waals surface area contributed by atoms with Crippen molar-refractivity contribution in [3.8, 4) is 45.4 Å². The van der Waals surface area contributed by atoms with E-state index >= 15 is 0 Å². The Morgan fingerprint density at radius 1 is 0.634 bits per heavy atom. The van der Waals surface area contributed by atoms with Crippen molar-refractivity contribution in [1.82, 2.24) is 9.88 Å². The van der Waals surface area contributed by atoms with E-state index in [1.165, 1.54) is 0 Å². The quantitative estimate of drug-likeness (QED) is 0.197. The zero-order valence-corrected chi connectivity index (χ0v) is 23.4. The Hall–Kier alpha value is -5.23. The van der Waals surface area contributed by atoms with Crippen molar-refractivity contribution in [2.75, 3.05) is 37.6 Å². The predicted molar refractivity (Wildman–Crippen MR) is 167 cm³/mol. The van der Waals surface area contributed by atoms with Gasteiger partial charge < -0.3 is 24.2 Å². The molecule has 0 saturated heterocycles. The van der Waals surface area contributed by atoms with Crippen LogP contribution in [-0.4, -0.2) is 37.7 Å². The zero-order valence-electron chi connectivity index (χ0n) is 23.4. The monoisotopic (exact) mass is 540 g/mol. The molecule has 0 atom stereocenters. The van der Waals surface area contributed by atoms with E-state index in [-0.39, 0.29) is 0 Å². The minimum atomic E-state index is 0.753. The van der Waals surface area contributed by atoms with Gasteiger partial charge in [-0.15, -0.1) is 0 Å². The first-order valence-corrected chi connectivity index (χ1v) is 13.6. The normalized spacial score (nSPS) is 12.5. The first-order valence-electron chi connectivity index (χ1n) is 13.6. The van der Waals surface area contributed by atoms with Gasteiger partial charge in [0.2, 0.25) is 0 Å². The summed E-state index contributed by atoms with van der Waals surface area (Å²) in [7, 11) is 6.12. The molecule has 0 radical (unpaired) electrons. The molecule has 0 spiro atoms. The molecule has 41 heavy (non-hydrogen) atoms. The van der Waals surface area contributed by atoms with E-state index in [2.05, 4.69) is 70.5 Å². The number of nitrogens with zero attached hydrogens (tertiary/aromatic N) is 4. The third-order valence-corrected chi connectivity index (χ3v) is 6.87. The summed E-state index contributed by atoms with van der Waals surface area (Å²) in [6.07, 6.45) is 5.99. The van der Waals surface area contributed by atoms with Gasteiger partial charge in [-0.25, -0.2) is 0 Å². The molecule has 6 nitrogen and oxygen atoms in total. The maximum Gasteiger partial charge on any atom is 0.130 e. The Labute approximate surface area is 241 Å². The molecular formula is C35H32N4O2. The van der Waals surface area contributed by atoms with Gasteiger partial charge >= 0.3 is 0 Å². The van der Waals surface area contributed by atoms with Crippen LogP contribution in [0.15, 0.2) is 128 Å². The van der Waals surface area contributed by atoms with Crippen LogP contribution in [-0.2, 0) is 0 Å². The van der Waals surface area contributed by atoms with Crippen LogP contribution in [0.25, 0.3) is 22.4 Å². The molecule has 5 aromatic rings. The molecule has 6 heteroatoms. The van der Waals surface area contributed by atoms with Crippen molar-refractivity contribution in [2.24, 2.45) is 0 Å². The molecule has 0 saturated carbocycles. The van der Waals surface area contributed by atoms with Gasteiger partial charge in [0.1, 0.15) is 23.0 Å². The second-order valence-corrected chi connectivity index (χ2v) is 10.2. The van der Waals surface area contributed by atoms with E-state index in [0.29, 0.717) is 0 Å². The predicted octanol–water partition coefficient (Wildman–Crippen LogP) is 8.25. The second kappa shape index (κ2) is 11.5. The van der Waals surface area contributed by atoms with E-state index in [9.17, 15) is 0 Å². The van der Waals surface area contributed by atoms with Gasteiger partial charge in [0.05, 0.1) is 12.4 Å². The van der Waals surface area contributed by atoms with Crippen molar-refractivity contribution >= 4 is 11.4 Å². The van der Waals surface area contributed by atoms with E-state index < -0.39 is 0 Å². The molecule has 1 aliphatic heterocycles. The Kier molecular flexibility index (Phi) is 7.28. The molecule has 1 aliphatic rings. The average Bonchev–Trinajstić information content (AvgIpc) is 3.44. The smallest absolute Gasteiger partial charge is 0.130 e. The molecule has 0 N–H and O–H groups in total. The fourth-order valence-corrected chi connectivity index (χ4v) is 4.74. The second-order valence-electron chi connectivity index (χ2n) is 10.2. The van der Waals surface area contributed by atoms with E-state index in [1.807, 2.05) is 93.1 Å². The summed E-state index contributed by atoms with van der Waals surface area (Å²) in [5.74, 6) is 3.13. The highest BCUT2D eigenvalue weighted by atomic mass is 16.5. The summed E-state index contributed by atoms with van der Waals surface area (Å²) < 4.78 is 12.5. The summed E-state index contributed by atoms with van der Waals surface area (Å²) >= 11 is 0. The fourth-order valence-electron chi connectivity index (χ4n) is 4.74. The Balaban J connectivity index is 1.29. The van der Waals surface area contributed by atoms with Crippen molar-refractivity contribution in [1.29, 1.82) is 0 Å². The molecule has 0 aliphatic carbocycles. The highest BCUT2D eigenvalue weighted by molar-refractivity contribution is 5.74. The fraction of sp³-hybridized carbons (Fsp3) is 0.114. The summed E-state index contributed by atoms with van der Waals surface area (Å²) in [5, 5.41) is 0. The van der Waals surface area contributed by atoms with Gasteiger partial charge in [0, 0.05) is 68.8 Å². The van der Waals surface area contributed by atoms with Crippen molar-refractivity contribution in [3.63, 3.8) is 0 Å². The lowest BCUT2D eigenvalue weighted by atomic mass is 10.0. The molecule has 0 amide bonds. The lowest BCUT2D eigenvalue weighted by molar-refractivity contribution is 0.481. The van der Waals surface area contributed by atoms with Gasteiger partial charge in [-0.05, 0) is 71.8 Å². The molecule has 204 valence electrons. The van der Waals surface area contributed by atoms with Gasteiger partial charge in [-0.2, -0.15) is 0 Å². The maximum absolute atomic E-state index is 6.41. The average molecular weight is 541 g/mol. The number of anilines is 2. The first kappa shape index (κ1) is 26.0. The topological polar surface area (TPSA) is 41.1 Å². The molecule has 1 aromatic heterocycles. The van der Waals surface area contributed by atoms with E-state index in [0.717, 1.165) is 63.4 Å². The third-order valence-electron chi connectivity index (χ3n) is 6.87. The first-order chi connectivity index (χ1) is 20.0. The Morgan fingerprint density at radius 2 is 1.34 bits per heavy atom. The van der Waals surface area contributed by atoms with Crippen molar-refractivity contribution in [2.45, 2.75) is 0 Å². The SMILES string of the molecule is CN1C=CN(c2cccc(Oc3cc(-c4cc(-c5cccc(Oc6ccccc6)c5)ccn4)cc(N(C)C)c3)c2)C1. The number of hydrogen-bond donors (Lipinski definition) is 0. The highest BCUT2D eigenvalue weighted by Crippen LogP contribution is 2.35. The van der Waals surface area contributed by atoms with Crippen LogP contribution < -0.4 is 19.3 Å². The van der Waals surface area contributed by atoms with Crippen LogP contribution in [0.3, 0.4) is 0 Å². The molecule has 2 heterocycles. The van der Waals surface area contributed by atoms with Crippen LogP contribution in [0.1, 0.15) is 0 Å². The Bertz CT molecular complexity index is 1680. The molecule has 0 fully saturated rings. The number of pyridine rings is 1. The minimum absolute atomic E-state index is 0.753. The van der Waals surface area contributed by atoms with Crippen LogP contribution in [0.4, 0.5) is 11.4 Å². The number of hydrogen-bond acceptors (Lipinski definition) is 6. The van der Waals surface area contributed by atoms with Crippen molar-refractivity contribution < 1.29 is 9.47 Å². The number of rotatable bonds is 8. The molecular weight excluding hydrogens is 508 g/mol. The number of para-hydroxylation sites is 1. The van der Waals surface area contributed by atoms with Crippen molar-refractivity contribution in [3.05, 3.63) is 128 Å². The molecule has 4 aromatic carbocycles. The minimum Gasteiger partial charge on any atom is -0.457 e. The van der Waals surface area contributed by atoms with Gasteiger partial charge in [0.25, 0.3) is 0 Å². The van der Waals surface area contributed by atoms with Gasteiger partial charge in [0.15, 0.2) is 0 Å². The standard InChI is InChI=1S/C35H32N4O2/c1-37(2)30-19-28(21-34(24-30)41-33-14-8-10-29(23-33)39-18-17-38(3)25-39)35-22-27(15-16-36-35)26-9-7-13-32(20-26)40-31-11-5-4-6-12-31/h4-24H,25H2,1-3H3. The maximum atomic E-state index is 6.41. The highest BCUT2D eigenvalue weighted by Gasteiger charge is 2.13. The molecule has 6 rings (SSSR count). The lowest BCUT2D eigenvalue weighted by Gasteiger charge is -2.19. The van der Waals surface area contributed by atoms with Crippen LogP contribution in [0, 0.1) is 0 Å². The van der Waals surface area contributed by atoms with Crippen LogP contribution in [0.2, 0.25) is 0 Å². The third kappa shape index (κ3) is 6.17. The number of benzene rings is 4. The summed E-state index contributed by atoms with van der Waals surface area (Å²) in [4.78, 5) is 11.1. The summed E-state index contributed by atoms with van der Waals surface area (Å²) in [6.45, 7) is 0.813. The summed E-state index contributed by atoms with van der Waals surface area (Å²) in [5.41, 5.74) is 6.07. The Morgan fingerprint density at radius 3 is 2.12 bits per heavy atom.